The summed E-state index contributed by atoms with van der Waals surface area (Å²) in [6.45, 7) is 3.87. The molecule has 0 aliphatic rings. The maximum Gasteiger partial charge on any atom is 0.433 e. The summed E-state index contributed by atoms with van der Waals surface area (Å²) in [6, 6.07) is 4.17. The van der Waals surface area contributed by atoms with E-state index in [9.17, 15) is 13.2 Å². The number of aromatic nitrogens is 1. The topological polar surface area (TPSA) is 24.9 Å². The Kier molecular flexibility index (Phi) is 4.51. The number of rotatable bonds is 4. The first-order valence-electron chi connectivity index (χ1n) is 5.61. The summed E-state index contributed by atoms with van der Waals surface area (Å²) in [5.41, 5.74) is -0.353. The van der Waals surface area contributed by atoms with Crippen molar-refractivity contribution in [2.24, 2.45) is 0 Å². The number of nitrogens with one attached hydrogen (secondary N) is 1. The summed E-state index contributed by atoms with van der Waals surface area (Å²) < 4.78 is 37.6. The van der Waals surface area contributed by atoms with Crippen LogP contribution in [0.1, 0.15) is 37.6 Å². The largest absolute Gasteiger partial charge is 0.433 e. The summed E-state index contributed by atoms with van der Waals surface area (Å²) in [4.78, 5) is 3.70. The van der Waals surface area contributed by atoms with Crippen molar-refractivity contribution in [2.75, 3.05) is 7.05 Å². The van der Waals surface area contributed by atoms with Gasteiger partial charge < -0.3 is 5.32 Å². The van der Waals surface area contributed by atoms with Gasteiger partial charge in [-0.3, -0.25) is 0 Å². The van der Waals surface area contributed by atoms with E-state index in [1.54, 1.807) is 13.1 Å². The molecule has 0 amide bonds. The molecule has 2 unspecified atom stereocenters. The zero-order chi connectivity index (χ0) is 13.1. The molecule has 1 N–H and O–H groups in total. The van der Waals surface area contributed by atoms with Crippen LogP contribution in [-0.4, -0.2) is 18.1 Å². The smallest absolute Gasteiger partial charge is 0.316 e. The highest BCUT2D eigenvalue weighted by molar-refractivity contribution is 5.17. The average molecular weight is 246 g/mol. The highest BCUT2D eigenvalue weighted by Gasteiger charge is 2.33. The Morgan fingerprint density at radius 3 is 2.47 bits per heavy atom. The van der Waals surface area contributed by atoms with Gasteiger partial charge in [-0.15, -0.1) is 0 Å². The van der Waals surface area contributed by atoms with Crippen molar-refractivity contribution in [1.29, 1.82) is 0 Å². The predicted octanol–water partition coefficient (Wildman–Crippen LogP) is 3.20. The Bertz CT molecular complexity index is 359. The molecule has 1 rings (SSSR count). The highest BCUT2D eigenvalue weighted by atomic mass is 19.4. The van der Waals surface area contributed by atoms with E-state index in [4.69, 9.17) is 0 Å². The van der Waals surface area contributed by atoms with Gasteiger partial charge in [0.05, 0.1) is 0 Å². The van der Waals surface area contributed by atoms with E-state index in [0.717, 1.165) is 12.5 Å². The van der Waals surface area contributed by atoms with Crippen LogP contribution in [0.3, 0.4) is 0 Å². The molecule has 0 saturated heterocycles. The third-order valence-corrected chi connectivity index (χ3v) is 2.94. The van der Waals surface area contributed by atoms with Crippen molar-refractivity contribution < 1.29 is 13.2 Å². The van der Waals surface area contributed by atoms with Crippen LogP contribution < -0.4 is 5.32 Å². The monoisotopic (exact) mass is 246 g/mol. The van der Waals surface area contributed by atoms with Gasteiger partial charge in [0.2, 0.25) is 0 Å². The number of alkyl halides is 3. The molecule has 0 aliphatic heterocycles. The van der Waals surface area contributed by atoms with Gasteiger partial charge in [0, 0.05) is 17.7 Å². The van der Waals surface area contributed by atoms with Crippen molar-refractivity contribution in [1.82, 2.24) is 10.3 Å². The normalized spacial score (nSPS) is 15.6. The van der Waals surface area contributed by atoms with E-state index in [2.05, 4.69) is 10.3 Å². The van der Waals surface area contributed by atoms with Crippen molar-refractivity contribution in [2.45, 2.75) is 38.4 Å². The third kappa shape index (κ3) is 3.43. The lowest BCUT2D eigenvalue weighted by Gasteiger charge is -2.22. The van der Waals surface area contributed by atoms with E-state index in [-0.39, 0.29) is 12.0 Å². The molecule has 0 bridgehead atoms. The maximum atomic E-state index is 12.5. The minimum absolute atomic E-state index is 0.0488. The molecule has 0 radical (unpaired) electrons. The molecule has 2 nitrogen and oxygen atoms in total. The molecule has 0 saturated carbocycles. The minimum Gasteiger partial charge on any atom is -0.316 e. The Hall–Kier alpha value is -1.10. The van der Waals surface area contributed by atoms with Crippen molar-refractivity contribution >= 4 is 0 Å². The molecule has 2 atom stereocenters. The standard InChI is InChI=1S/C12H17F3N2/c1-4-9(16-3)8(2)10-6-5-7-11(17-10)12(13,14)15/h5-9,16H,4H2,1-3H3. The second-order valence-electron chi connectivity index (χ2n) is 4.04. The molecule has 1 aromatic heterocycles. The minimum atomic E-state index is -4.38. The molecular weight excluding hydrogens is 229 g/mol. The summed E-state index contributed by atoms with van der Waals surface area (Å²) in [5.74, 6) is -0.0488. The summed E-state index contributed by atoms with van der Waals surface area (Å²) in [5, 5.41) is 3.09. The first kappa shape index (κ1) is 14.0. The molecule has 1 aromatic rings. The van der Waals surface area contributed by atoms with Gasteiger partial charge in [-0.1, -0.05) is 19.9 Å². The number of hydrogen-bond acceptors (Lipinski definition) is 2. The molecule has 96 valence electrons. The second kappa shape index (κ2) is 5.49. The average Bonchev–Trinajstić information content (AvgIpc) is 2.29. The number of hydrogen-bond donors (Lipinski definition) is 1. The third-order valence-electron chi connectivity index (χ3n) is 2.94. The molecule has 0 aliphatic carbocycles. The number of halogens is 3. The lowest BCUT2D eigenvalue weighted by atomic mass is 9.95. The van der Waals surface area contributed by atoms with Crippen LogP contribution in [-0.2, 0) is 6.18 Å². The van der Waals surface area contributed by atoms with Crippen molar-refractivity contribution in [3.05, 3.63) is 29.6 Å². The zero-order valence-corrected chi connectivity index (χ0v) is 10.2. The van der Waals surface area contributed by atoms with Crippen LogP contribution in [0.25, 0.3) is 0 Å². The first-order chi connectivity index (χ1) is 7.90. The molecule has 1 heterocycles. The fraction of sp³-hybridized carbons (Fsp3) is 0.583. The summed E-state index contributed by atoms with van der Waals surface area (Å²) in [6.07, 6.45) is -3.54. The maximum absolute atomic E-state index is 12.5. The van der Waals surface area contributed by atoms with E-state index in [1.807, 2.05) is 13.8 Å². The van der Waals surface area contributed by atoms with Gasteiger partial charge in [0.1, 0.15) is 5.69 Å². The Morgan fingerprint density at radius 1 is 1.35 bits per heavy atom. The van der Waals surface area contributed by atoms with Gasteiger partial charge in [-0.2, -0.15) is 13.2 Å². The molecular formula is C12H17F3N2. The van der Waals surface area contributed by atoms with Crippen LogP contribution >= 0.6 is 0 Å². The van der Waals surface area contributed by atoms with Gasteiger partial charge in [0.15, 0.2) is 0 Å². The fourth-order valence-electron chi connectivity index (χ4n) is 1.88. The summed E-state index contributed by atoms with van der Waals surface area (Å²) in [7, 11) is 1.80. The molecule has 0 aromatic carbocycles. The van der Waals surface area contributed by atoms with Gasteiger partial charge >= 0.3 is 6.18 Å². The number of likely N-dealkylation sites (N-methyl/N-ethyl adjacent to an activating group) is 1. The van der Waals surface area contributed by atoms with Crippen LogP contribution in [0, 0.1) is 0 Å². The van der Waals surface area contributed by atoms with Crippen LogP contribution in [0.4, 0.5) is 13.2 Å². The van der Waals surface area contributed by atoms with E-state index < -0.39 is 11.9 Å². The van der Waals surface area contributed by atoms with E-state index >= 15 is 0 Å². The van der Waals surface area contributed by atoms with Gasteiger partial charge in [-0.05, 0) is 25.6 Å². The van der Waals surface area contributed by atoms with E-state index in [1.165, 1.54) is 6.07 Å². The second-order valence-corrected chi connectivity index (χ2v) is 4.04. The van der Waals surface area contributed by atoms with Crippen molar-refractivity contribution in [3.63, 3.8) is 0 Å². The molecule has 0 spiro atoms. The van der Waals surface area contributed by atoms with Crippen LogP contribution in [0.5, 0.6) is 0 Å². The van der Waals surface area contributed by atoms with Gasteiger partial charge in [-0.25, -0.2) is 4.98 Å². The lowest BCUT2D eigenvalue weighted by molar-refractivity contribution is -0.141. The number of pyridine rings is 1. The zero-order valence-electron chi connectivity index (χ0n) is 10.2. The fourth-order valence-corrected chi connectivity index (χ4v) is 1.88. The molecule has 5 heteroatoms. The van der Waals surface area contributed by atoms with Crippen LogP contribution in [0.2, 0.25) is 0 Å². The Morgan fingerprint density at radius 2 is 2.00 bits per heavy atom. The predicted molar refractivity (Wildman–Crippen MR) is 60.8 cm³/mol. The van der Waals surface area contributed by atoms with Crippen molar-refractivity contribution in [3.8, 4) is 0 Å². The lowest BCUT2D eigenvalue weighted by Crippen LogP contribution is -2.30. The van der Waals surface area contributed by atoms with E-state index in [0.29, 0.717) is 5.69 Å². The highest BCUT2D eigenvalue weighted by Crippen LogP contribution is 2.29. The SMILES string of the molecule is CCC(NC)C(C)c1cccc(C(F)(F)F)n1. The number of nitrogens with zero attached hydrogens (tertiary/aromatic N) is 1. The van der Waals surface area contributed by atoms with Gasteiger partial charge in [0.25, 0.3) is 0 Å². The first-order valence-corrected chi connectivity index (χ1v) is 5.61. The Labute approximate surface area is 99.3 Å². The summed E-state index contributed by atoms with van der Waals surface area (Å²) >= 11 is 0. The van der Waals surface area contributed by atoms with Crippen LogP contribution in [0.15, 0.2) is 18.2 Å². The Balaban J connectivity index is 2.99. The molecule has 0 fully saturated rings. The molecule has 17 heavy (non-hydrogen) atoms. The quantitative estimate of drug-likeness (QED) is 0.882.